The molecule has 0 spiro atoms. The summed E-state index contributed by atoms with van der Waals surface area (Å²) in [6, 6.07) is 8.26. The van der Waals surface area contributed by atoms with Crippen molar-refractivity contribution in [3.05, 3.63) is 34.3 Å². The maximum Gasteiger partial charge on any atom is 0.0947 e. The van der Waals surface area contributed by atoms with Crippen LogP contribution in [-0.2, 0) is 4.74 Å². The largest absolute Gasteiger partial charge is 0.372 e. The molecule has 1 aliphatic rings. The predicted molar refractivity (Wildman–Crippen MR) is 78.5 cm³/mol. The van der Waals surface area contributed by atoms with Gasteiger partial charge in [-0.05, 0) is 36.5 Å². The van der Waals surface area contributed by atoms with Gasteiger partial charge in [0.25, 0.3) is 0 Å². The summed E-state index contributed by atoms with van der Waals surface area (Å²) >= 11 is 3.45. The lowest BCUT2D eigenvalue weighted by Gasteiger charge is -2.24. The number of hydrogen-bond acceptors (Lipinski definition) is 2. The highest BCUT2D eigenvalue weighted by Gasteiger charge is 2.16. The molecule has 0 bridgehead atoms. The molecule has 1 aliphatic carbocycles. The first-order chi connectivity index (χ1) is 8.79. The molecular weight excluding hydrogens is 290 g/mol. The molecule has 0 saturated heterocycles. The van der Waals surface area contributed by atoms with Gasteiger partial charge in [-0.2, -0.15) is 0 Å². The van der Waals surface area contributed by atoms with Gasteiger partial charge in [-0.1, -0.05) is 47.3 Å². The minimum Gasteiger partial charge on any atom is -0.372 e. The first kappa shape index (κ1) is 14.0. The van der Waals surface area contributed by atoms with Crippen molar-refractivity contribution in [2.24, 2.45) is 11.7 Å². The van der Waals surface area contributed by atoms with E-state index < -0.39 is 0 Å². The van der Waals surface area contributed by atoms with E-state index in [-0.39, 0.29) is 6.10 Å². The van der Waals surface area contributed by atoms with E-state index in [0.29, 0.717) is 6.54 Å². The molecule has 0 aromatic heterocycles. The van der Waals surface area contributed by atoms with Crippen LogP contribution in [0.3, 0.4) is 0 Å². The van der Waals surface area contributed by atoms with Crippen LogP contribution in [-0.4, -0.2) is 13.2 Å². The summed E-state index contributed by atoms with van der Waals surface area (Å²) in [7, 11) is 0. The second kappa shape index (κ2) is 7.27. The Morgan fingerprint density at radius 1 is 1.17 bits per heavy atom. The molecule has 0 heterocycles. The van der Waals surface area contributed by atoms with Crippen molar-refractivity contribution in [2.75, 3.05) is 13.2 Å². The minimum absolute atomic E-state index is 0.0417. The maximum absolute atomic E-state index is 6.02. The number of rotatable bonds is 5. The summed E-state index contributed by atoms with van der Waals surface area (Å²) in [4.78, 5) is 0. The van der Waals surface area contributed by atoms with Gasteiger partial charge in [0.1, 0.15) is 0 Å². The van der Waals surface area contributed by atoms with Gasteiger partial charge >= 0.3 is 0 Å². The lowest BCUT2D eigenvalue weighted by atomic mass is 9.90. The molecule has 1 saturated carbocycles. The fourth-order valence-corrected chi connectivity index (χ4v) is 2.85. The van der Waals surface area contributed by atoms with E-state index in [4.69, 9.17) is 10.5 Å². The highest BCUT2D eigenvalue weighted by Crippen LogP contribution is 2.26. The van der Waals surface area contributed by atoms with E-state index in [0.717, 1.165) is 17.0 Å². The van der Waals surface area contributed by atoms with Crippen LogP contribution in [0.25, 0.3) is 0 Å². The molecule has 1 aromatic carbocycles. The maximum atomic E-state index is 6.02. The minimum atomic E-state index is 0.0417. The fourth-order valence-electron chi connectivity index (χ4n) is 2.58. The monoisotopic (exact) mass is 311 g/mol. The molecule has 0 radical (unpaired) electrons. The molecule has 0 aliphatic heterocycles. The molecule has 3 heteroatoms. The van der Waals surface area contributed by atoms with E-state index in [2.05, 4.69) is 28.1 Å². The Balaban J connectivity index is 1.86. The summed E-state index contributed by atoms with van der Waals surface area (Å²) in [5, 5.41) is 0. The van der Waals surface area contributed by atoms with Crippen LogP contribution in [0.4, 0.5) is 0 Å². The summed E-state index contributed by atoms with van der Waals surface area (Å²) in [6.07, 6.45) is 6.79. The van der Waals surface area contributed by atoms with Crippen molar-refractivity contribution >= 4 is 15.9 Å². The van der Waals surface area contributed by atoms with E-state index in [9.17, 15) is 0 Å². The number of hydrogen-bond donors (Lipinski definition) is 1. The van der Waals surface area contributed by atoms with Crippen LogP contribution in [0.5, 0.6) is 0 Å². The van der Waals surface area contributed by atoms with Gasteiger partial charge in [-0.25, -0.2) is 0 Å². The van der Waals surface area contributed by atoms with Crippen molar-refractivity contribution in [2.45, 2.75) is 38.2 Å². The SMILES string of the molecule is NCC(OCC1CCCCC1)c1ccc(Br)cc1. The third-order valence-corrected chi connectivity index (χ3v) is 4.24. The topological polar surface area (TPSA) is 35.2 Å². The Morgan fingerprint density at radius 2 is 1.83 bits per heavy atom. The molecule has 1 atom stereocenters. The molecule has 0 amide bonds. The van der Waals surface area contributed by atoms with E-state index >= 15 is 0 Å². The van der Waals surface area contributed by atoms with Crippen molar-refractivity contribution in [3.8, 4) is 0 Å². The first-order valence-electron chi connectivity index (χ1n) is 6.86. The third-order valence-electron chi connectivity index (χ3n) is 3.71. The van der Waals surface area contributed by atoms with Gasteiger partial charge in [0.05, 0.1) is 12.7 Å². The molecule has 2 N–H and O–H groups in total. The van der Waals surface area contributed by atoms with Crippen molar-refractivity contribution in [1.29, 1.82) is 0 Å². The van der Waals surface area contributed by atoms with Crippen molar-refractivity contribution in [1.82, 2.24) is 0 Å². The molecule has 1 aromatic rings. The lowest BCUT2D eigenvalue weighted by molar-refractivity contribution is 0.0246. The summed E-state index contributed by atoms with van der Waals surface area (Å²) in [5.41, 5.74) is 7.00. The average molecular weight is 312 g/mol. The van der Waals surface area contributed by atoms with Gasteiger partial charge in [0.15, 0.2) is 0 Å². The summed E-state index contributed by atoms with van der Waals surface area (Å²) < 4.78 is 7.11. The zero-order chi connectivity index (χ0) is 12.8. The number of ether oxygens (including phenoxy) is 1. The molecule has 2 nitrogen and oxygen atoms in total. The fraction of sp³-hybridized carbons (Fsp3) is 0.600. The van der Waals surface area contributed by atoms with Gasteiger partial charge < -0.3 is 10.5 Å². The number of nitrogens with two attached hydrogens (primary N) is 1. The van der Waals surface area contributed by atoms with Crippen LogP contribution in [0.15, 0.2) is 28.7 Å². The second-order valence-corrected chi connectivity index (χ2v) is 6.03. The van der Waals surface area contributed by atoms with Crippen LogP contribution in [0, 0.1) is 5.92 Å². The smallest absolute Gasteiger partial charge is 0.0947 e. The number of halogens is 1. The normalized spacial score (nSPS) is 18.8. The Kier molecular flexibility index (Phi) is 5.67. The highest BCUT2D eigenvalue weighted by molar-refractivity contribution is 9.10. The van der Waals surface area contributed by atoms with Crippen molar-refractivity contribution < 1.29 is 4.74 Å². The van der Waals surface area contributed by atoms with Crippen LogP contribution < -0.4 is 5.73 Å². The van der Waals surface area contributed by atoms with Crippen LogP contribution in [0.2, 0.25) is 0 Å². The average Bonchev–Trinajstić information content (AvgIpc) is 2.42. The Hall–Kier alpha value is -0.380. The Labute approximate surface area is 118 Å². The Bertz CT molecular complexity index is 346. The zero-order valence-corrected chi connectivity index (χ0v) is 12.4. The predicted octanol–water partition coefficient (Wildman–Crippen LogP) is 4.05. The summed E-state index contributed by atoms with van der Waals surface area (Å²) in [5.74, 6) is 0.739. The van der Waals surface area contributed by atoms with E-state index in [1.165, 1.54) is 37.7 Å². The highest BCUT2D eigenvalue weighted by atomic mass is 79.9. The van der Waals surface area contributed by atoms with Crippen LogP contribution in [0.1, 0.15) is 43.8 Å². The molecule has 100 valence electrons. The first-order valence-corrected chi connectivity index (χ1v) is 7.66. The third kappa shape index (κ3) is 4.08. The van der Waals surface area contributed by atoms with E-state index in [1.807, 2.05) is 12.1 Å². The van der Waals surface area contributed by atoms with Gasteiger partial charge in [0, 0.05) is 11.0 Å². The van der Waals surface area contributed by atoms with Gasteiger partial charge in [-0.3, -0.25) is 0 Å². The van der Waals surface area contributed by atoms with Gasteiger partial charge in [0.2, 0.25) is 0 Å². The molecule has 18 heavy (non-hydrogen) atoms. The number of benzene rings is 1. The molecule has 1 fully saturated rings. The zero-order valence-electron chi connectivity index (χ0n) is 10.8. The quantitative estimate of drug-likeness (QED) is 0.890. The van der Waals surface area contributed by atoms with E-state index in [1.54, 1.807) is 0 Å². The molecular formula is C15H22BrNO. The van der Waals surface area contributed by atoms with Crippen LogP contribution >= 0.6 is 15.9 Å². The summed E-state index contributed by atoms with van der Waals surface area (Å²) in [6.45, 7) is 1.41. The second-order valence-electron chi connectivity index (χ2n) is 5.11. The lowest BCUT2D eigenvalue weighted by Crippen LogP contribution is -2.20. The molecule has 1 unspecified atom stereocenters. The standard InChI is InChI=1S/C15H22BrNO/c16-14-8-6-13(7-9-14)15(10-17)18-11-12-4-2-1-3-5-12/h6-9,12,15H,1-5,10-11,17H2. The Morgan fingerprint density at radius 3 is 2.44 bits per heavy atom. The molecule has 2 rings (SSSR count). The van der Waals surface area contributed by atoms with Crippen molar-refractivity contribution in [3.63, 3.8) is 0 Å². The van der Waals surface area contributed by atoms with Gasteiger partial charge in [-0.15, -0.1) is 0 Å².